The van der Waals surface area contributed by atoms with Gasteiger partial charge in [-0.3, -0.25) is 0 Å². The van der Waals surface area contributed by atoms with Gasteiger partial charge in [0.1, 0.15) is 0 Å². The Kier molecular flexibility index (Phi) is 3.58. The van der Waals surface area contributed by atoms with Crippen molar-refractivity contribution in [1.82, 2.24) is 0 Å². The molecule has 1 nitrogen and oxygen atoms in total. The molecule has 0 atom stereocenters. The maximum atomic E-state index is 3.63. The molecule has 1 aliphatic rings. The molecule has 0 aromatic heterocycles. The van der Waals surface area contributed by atoms with Gasteiger partial charge in [-0.15, -0.1) is 0 Å². The molecule has 16 heavy (non-hydrogen) atoms. The third-order valence-electron chi connectivity index (χ3n) is 3.41. The molecule has 1 heterocycles. The van der Waals surface area contributed by atoms with Gasteiger partial charge in [0.15, 0.2) is 0 Å². The fourth-order valence-electron chi connectivity index (χ4n) is 2.35. The van der Waals surface area contributed by atoms with Crippen molar-refractivity contribution in [3.05, 3.63) is 29.8 Å². The third-order valence-corrected chi connectivity index (χ3v) is 4.82. The number of hydrogen-bond donors (Lipinski definition) is 0. The van der Waals surface area contributed by atoms with E-state index >= 15 is 0 Å². The summed E-state index contributed by atoms with van der Waals surface area (Å²) in [4.78, 5) is 2.53. The van der Waals surface area contributed by atoms with E-state index in [-0.39, 0.29) is 5.41 Å². The standard InChI is InChI=1S/C14H20BrN/c1-14(2,11-15)12-7-3-4-8-13(12)16-9-5-6-10-16/h3-4,7-8H,5-6,9-11H2,1-2H3. The van der Waals surface area contributed by atoms with E-state index in [0.717, 1.165) is 5.33 Å². The van der Waals surface area contributed by atoms with Gasteiger partial charge in [0.05, 0.1) is 0 Å². The smallest absolute Gasteiger partial charge is 0.0404 e. The Morgan fingerprint density at radius 3 is 2.44 bits per heavy atom. The van der Waals surface area contributed by atoms with Crippen LogP contribution in [0.4, 0.5) is 5.69 Å². The normalized spacial score (nSPS) is 16.8. The number of anilines is 1. The van der Waals surface area contributed by atoms with Gasteiger partial charge in [0.2, 0.25) is 0 Å². The first kappa shape index (κ1) is 12.0. The van der Waals surface area contributed by atoms with Crippen LogP contribution in [0.25, 0.3) is 0 Å². The summed E-state index contributed by atoms with van der Waals surface area (Å²) >= 11 is 3.63. The van der Waals surface area contributed by atoms with Gasteiger partial charge in [-0.1, -0.05) is 48.0 Å². The minimum Gasteiger partial charge on any atom is -0.371 e. The number of nitrogens with zero attached hydrogens (tertiary/aromatic N) is 1. The molecule has 2 heteroatoms. The Balaban J connectivity index is 2.37. The molecule has 1 aromatic carbocycles. The Morgan fingerprint density at radius 2 is 1.81 bits per heavy atom. The predicted octanol–water partition coefficient (Wildman–Crippen LogP) is 3.96. The summed E-state index contributed by atoms with van der Waals surface area (Å²) in [6, 6.07) is 8.85. The maximum Gasteiger partial charge on any atom is 0.0404 e. The minimum absolute atomic E-state index is 0.208. The number of rotatable bonds is 3. The highest BCUT2D eigenvalue weighted by atomic mass is 79.9. The second kappa shape index (κ2) is 4.79. The van der Waals surface area contributed by atoms with Crippen LogP contribution in [-0.4, -0.2) is 18.4 Å². The molecule has 2 rings (SSSR count). The number of alkyl halides is 1. The zero-order valence-electron chi connectivity index (χ0n) is 10.2. The van der Waals surface area contributed by atoms with Gasteiger partial charge in [-0.2, -0.15) is 0 Å². The van der Waals surface area contributed by atoms with Crippen LogP contribution in [0.15, 0.2) is 24.3 Å². The first-order chi connectivity index (χ1) is 7.65. The average Bonchev–Trinajstić information content (AvgIpc) is 2.82. The van der Waals surface area contributed by atoms with Crippen molar-refractivity contribution in [2.75, 3.05) is 23.3 Å². The molecule has 0 radical (unpaired) electrons. The Labute approximate surface area is 107 Å². The summed E-state index contributed by atoms with van der Waals surface area (Å²) in [7, 11) is 0. The van der Waals surface area contributed by atoms with E-state index in [0.29, 0.717) is 0 Å². The molecule has 88 valence electrons. The molecule has 0 saturated carbocycles. The van der Waals surface area contributed by atoms with E-state index in [4.69, 9.17) is 0 Å². The van der Waals surface area contributed by atoms with Gasteiger partial charge in [-0.25, -0.2) is 0 Å². The van der Waals surface area contributed by atoms with Crippen molar-refractivity contribution < 1.29 is 0 Å². The summed E-state index contributed by atoms with van der Waals surface area (Å²) in [5.74, 6) is 0. The number of benzene rings is 1. The van der Waals surface area contributed by atoms with Crippen LogP contribution in [0.5, 0.6) is 0 Å². The summed E-state index contributed by atoms with van der Waals surface area (Å²) < 4.78 is 0. The van der Waals surface area contributed by atoms with Crippen LogP contribution in [0.3, 0.4) is 0 Å². The van der Waals surface area contributed by atoms with Crippen molar-refractivity contribution in [1.29, 1.82) is 0 Å². The van der Waals surface area contributed by atoms with E-state index < -0.39 is 0 Å². The molecule has 0 unspecified atom stereocenters. The SMILES string of the molecule is CC(C)(CBr)c1ccccc1N1CCCC1. The zero-order valence-corrected chi connectivity index (χ0v) is 11.8. The van der Waals surface area contributed by atoms with E-state index in [9.17, 15) is 0 Å². The highest BCUT2D eigenvalue weighted by Gasteiger charge is 2.25. The summed E-state index contributed by atoms with van der Waals surface area (Å²) in [6.07, 6.45) is 2.67. The lowest BCUT2D eigenvalue weighted by molar-refractivity contribution is 0.605. The molecular weight excluding hydrogens is 262 g/mol. The lowest BCUT2D eigenvalue weighted by atomic mass is 9.85. The highest BCUT2D eigenvalue weighted by Crippen LogP contribution is 2.34. The Bertz CT molecular complexity index is 354. The first-order valence-electron chi connectivity index (χ1n) is 6.05. The predicted molar refractivity (Wildman–Crippen MR) is 74.7 cm³/mol. The average molecular weight is 282 g/mol. The van der Waals surface area contributed by atoms with Crippen molar-refractivity contribution in [3.63, 3.8) is 0 Å². The molecule has 0 aliphatic carbocycles. The summed E-state index contributed by atoms with van der Waals surface area (Å²) in [5.41, 5.74) is 3.11. The first-order valence-corrected chi connectivity index (χ1v) is 7.18. The lowest BCUT2D eigenvalue weighted by Crippen LogP contribution is -2.26. The largest absolute Gasteiger partial charge is 0.371 e. The van der Waals surface area contributed by atoms with Crippen molar-refractivity contribution in [2.24, 2.45) is 0 Å². The topological polar surface area (TPSA) is 3.24 Å². The van der Waals surface area contributed by atoms with Gasteiger partial charge in [0, 0.05) is 29.5 Å². The van der Waals surface area contributed by atoms with Crippen LogP contribution in [-0.2, 0) is 5.41 Å². The zero-order chi connectivity index (χ0) is 11.6. The molecule has 1 aliphatic heterocycles. The minimum atomic E-state index is 0.208. The second-order valence-corrected chi connectivity index (χ2v) is 5.79. The fourth-order valence-corrected chi connectivity index (χ4v) is 2.65. The lowest BCUT2D eigenvalue weighted by Gasteiger charge is -2.30. The molecule has 0 N–H and O–H groups in total. The summed E-state index contributed by atoms with van der Waals surface area (Å²) in [6.45, 7) is 7.04. The molecular formula is C14H20BrN. The summed E-state index contributed by atoms with van der Waals surface area (Å²) in [5, 5.41) is 1.00. The molecule has 1 saturated heterocycles. The van der Waals surface area contributed by atoms with E-state index in [1.807, 2.05) is 0 Å². The molecule has 1 aromatic rings. The molecule has 1 fully saturated rings. The van der Waals surface area contributed by atoms with E-state index in [2.05, 4.69) is 58.9 Å². The quantitative estimate of drug-likeness (QED) is 0.758. The molecule has 0 spiro atoms. The second-order valence-electron chi connectivity index (χ2n) is 5.23. The third kappa shape index (κ3) is 2.27. The number of hydrogen-bond acceptors (Lipinski definition) is 1. The van der Waals surface area contributed by atoms with Crippen LogP contribution < -0.4 is 4.90 Å². The van der Waals surface area contributed by atoms with E-state index in [1.165, 1.54) is 37.2 Å². The van der Waals surface area contributed by atoms with Crippen molar-refractivity contribution >= 4 is 21.6 Å². The monoisotopic (exact) mass is 281 g/mol. The van der Waals surface area contributed by atoms with Gasteiger partial charge < -0.3 is 4.90 Å². The van der Waals surface area contributed by atoms with E-state index in [1.54, 1.807) is 0 Å². The Morgan fingerprint density at radius 1 is 1.19 bits per heavy atom. The van der Waals surface area contributed by atoms with Crippen LogP contribution in [0.2, 0.25) is 0 Å². The van der Waals surface area contributed by atoms with Gasteiger partial charge in [-0.05, 0) is 24.5 Å². The van der Waals surface area contributed by atoms with Gasteiger partial charge in [0.25, 0.3) is 0 Å². The Hall–Kier alpha value is -0.500. The highest BCUT2D eigenvalue weighted by molar-refractivity contribution is 9.09. The van der Waals surface area contributed by atoms with Crippen LogP contribution >= 0.6 is 15.9 Å². The van der Waals surface area contributed by atoms with Crippen molar-refractivity contribution in [2.45, 2.75) is 32.1 Å². The van der Waals surface area contributed by atoms with Gasteiger partial charge >= 0.3 is 0 Å². The molecule has 0 bridgehead atoms. The molecule has 0 amide bonds. The van der Waals surface area contributed by atoms with Crippen LogP contribution in [0, 0.1) is 0 Å². The van der Waals surface area contributed by atoms with Crippen molar-refractivity contribution in [3.8, 4) is 0 Å². The number of halogens is 1. The fraction of sp³-hybridized carbons (Fsp3) is 0.571. The van der Waals surface area contributed by atoms with Crippen LogP contribution in [0.1, 0.15) is 32.3 Å². The number of para-hydroxylation sites is 1. The maximum absolute atomic E-state index is 3.63.